The van der Waals surface area contributed by atoms with Crippen LogP contribution < -0.4 is 5.32 Å². The minimum absolute atomic E-state index is 0.0484. The molecule has 1 aromatic carbocycles. The largest absolute Gasteiger partial charge is 0.480 e. The Balaban J connectivity index is 2.29. The summed E-state index contributed by atoms with van der Waals surface area (Å²) in [5, 5.41) is 16.8. The van der Waals surface area contributed by atoms with Gasteiger partial charge in [0.2, 0.25) is 0 Å². The topological polar surface area (TPSA) is 98.1 Å². The summed E-state index contributed by atoms with van der Waals surface area (Å²) in [4.78, 5) is 14.5. The Hall–Kier alpha value is -1.75. The van der Waals surface area contributed by atoms with E-state index in [1.165, 1.54) is 0 Å². The number of aliphatic carboxylic acids is 1. The minimum Gasteiger partial charge on any atom is -0.480 e. The summed E-state index contributed by atoms with van der Waals surface area (Å²) in [6.07, 6.45) is 1.73. The van der Waals surface area contributed by atoms with Crippen LogP contribution in [0, 0.1) is 5.92 Å². The van der Waals surface area contributed by atoms with E-state index < -0.39 is 11.5 Å². The first-order valence-electron chi connectivity index (χ1n) is 6.36. The van der Waals surface area contributed by atoms with E-state index >= 15 is 0 Å². The van der Waals surface area contributed by atoms with Crippen LogP contribution in [-0.2, 0) is 10.3 Å². The molecule has 0 heterocycles. The summed E-state index contributed by atoms with van der Waals surface area (Å²) in [6, 6.07) is 6.84. The van der Waals surface area contributed by atoms with Gasteiger partial charge in [-0.3, -0.25) is 5.32 Å². The number of hydrogen-bond donors (Lipinski definition) is 2. The van der Waals surface area contributed by atoms with Crippen molar-refractivity contribution in [1.29, 1.82) is 0 Å². The molecule has 0 saturated heterocycles. The summed E-state index contributed by atoms with van der Waals surface area (Å²) in [6.45, 7) is 0.529. The van der Waals surface area contributed by atoms with Gasteiger partial charge in [0.15, 0.2) is 0 Å². The van der Waals surface area contributed by atoms with Crippen molar-refractivity contribution in [3.8, 4) is 0 Å². The third kappa shape index (κ3) is 2.88. The molecule has 1 aliphatic rings. The Morgan fingerprint density at radius 2 is 2.15 bits per heavy atom. The Morgan fingerprint density at radius 1 is 1.50 bits per heavy atom. The van der Waals surface area contributed by atoms with Crippen LogP contribution in [0.2, 0.25) is 5.02 Å². The molecule has 20 heavy (non-hydrogen) atoms. The summed E-state index contributed by atoms with van der Waals surface area (Å²) in [5.74, 6) is -0.865. The molecule has 0 radical (unpaired) electrons. The second-order valence-electron chi connectivity index (χ2n) is 4.78. The van der Waals surface area contributed by atoms with Crippen LogP contribution >= 0.6 is 11.6 Å². The van der Waals surface area contributed by atoms with Gasteiger partial charge in [0.1, 0.15) is 5.54 Å². The second kappa shape index (κ2) is 6.13. The summed E-state index contributed by atoms with van der Waals surface area (Å²) in [7, 11) is 0. The number of rotatable bonds is 7. The molecule has 2 rings (SSSR count). The second-order valence-corrected chi connectivity index (χ2v) is 5.21. The Bertz CT molecular complexity index is 538. The lowest BCUT2D eigenvalue weighted by Crippen LogP contribution is -2.52. The smallest absolute Gasteiger partial charge is 0.328 e. The van der Waals surface area contributed by atoms with E-state index in [9.17, 15) is 9.90 Å². The third-order valence-corrected chi connectivity index (χ3v) is 3.76. The van der Waals surface area contributed by atoms with Gasteiger partial charge in [0.05, 0.1) is 0 Å². The van der Waals surface area contributed by atoms with Crippen LogP contribution in [0.3, 0.4) is 0 Å². The van der Waals surface area contributed by atoms with Gasteiger partial charge in [-0.05, 0) is 42.0 Å². The van der Waals surface area contributed by atoms with E-state index in [0.717, 1.165) is 12.8 Å². The van der Waals surface area contributed by atoms with Gasteiger partial charge in [-0.2, -0.15) is 0 Å². The van der Waals surface area contributed by atoms with Crippen LogP contribution in [0.1, 0.15) is 18.4 Å². The Kier molecular flexibility index (Phi) is 4.49. The minimum atomic E-state index is -1.13. The average Bonchev–Trinajstić information content (AvgIpc) is 3.25. The molecule has 1 aromatic rings. The highest BCUT2D eigenvalue weighted by atomic mass is 35.5. The van der Waals surface area contributed by atoms with Gasteiger partial charge in [0, 0.05) is 23.0 Å². The van der Waals surface area contributed by atoms with Crippen LogP contribution in [0.15, 0.2) is 29.4 Å². The third-order valence-electron chi connectivity index (χ3n) is 3.51. The van der Waals surface area contributed by atoms with E-state index in [1.54, 1.807) is 24.3 Å². The number of carboxylic acids is 1. The number of nitrogens with zero attached hydrogens (tertiary/aromatic N) is 3. The maximum absolute atomic E-state index is 11.9. The number of carboxylic acid groups (broad SMARTS) is 1. The van der Waals surface area contributed by atoms with Crippen molar-refractivity contribution in [2.24, 2.45) is 11.0 Å². The van der Waals surface area contributed by atoms with Gasteiger partial charge in [-0.15, -0.1) is 0 Å². The van der Waals surface area contributed by atoms with Crippen molar-refractivity contribution in [3.05, 3.63) is 45.3 Å². The van der Waals surface area contributed by atoms with E-state index in [1.807, 2.05) is 0 Å². The lowest BCUT2D eigenvalue weighted by atomic mass is 9.85. The van der Waals surface area contributed by atoms with Gasteiger partial charge < -0.3 is 5.11 Å². The molecule has 1 unspecified atom stereocenters. The fraction of sp³-hybridized carbons (Fsp3) is 0.462. The quantitative estimate of drug-likeness (QED) is 0.350. The normalized spacial score (nSPS) is 17.1. The van der Waals surface area contributed by atoms with E-state index in [0.29, 0.717) is 17.1 Å². The number of azide groups is 1. The number of carbonyl (C=O) groups is 1. The predicted octanol–water partition coefficient (Wildman–Crippen LogP) is 2.93. The summed E-state index contributed by atoms with van der Waals surface area (Å²) in [5.41, 5.74) is 7.82. The molecule has 2 N–H and O–H groups in total. The highest BCUT2D eigenvalue weighted by Crippen LogP contribution is 2.46. The molecule has 0 aromatic heterocycles. The molecule has 1 saturated carbocycles. The van der Waals surface area contributed by atoms with Crippen LogP contribution in [0.4, 0.5) is 0 Å². The molecule has 1 atom stereocenters. The molecule has 1 aliphatic carbocycles. The summed E-state index contributed by atoms with van der Waals surface area (Å²) >= 11 is 5.86. The predicted molar refractivity (Wildman–Crippen MR) is 75.5 cm³/mol. The molecular weight excluding hydrogens is 280 g/mol. The zero-order valence-electron chi connectivity index (χ0n) is 10.8. The standard InChI is InChI=1S/C13H15ClN4O2/c14-11-5-3-10(4-6-11)13(12(19)20,9-1-2-9)16-7-8-17-18-15/h3-6,9,16H,1-2,7-8H2,(H,19,20). The van der Waals surface area contributed by atoms with E-state index in [-0.39, 0.29) is 12.5 Å². The first-order valence-corrected chi connectivity index (χ1v) is 6.74. The van der Waals surface area contributed by atoms with E-state index in [4.69, 9.17) is 17.1 Å². The number of nitrogens with one attached hydrogen (secondary N) is 1. The molecule has 106 valence electrons. The molecule has 0 bridgehead atoms. The SMILES string of the molecule is [N-]=[N+]=NCCNC(C(=O)O)(c1ccc(Cl)cc1)C1CC1. The average molecular weight is 295 g/mol. The highest BCUT2D eigenvalue weighted by molar-refractivity contribution is 6.30. The fourth-order valence-electron chi connectivity index (χ4n) is 2.43. The van der Waals surface area contributed by atoms with E-state index in [2.05, 4.69) is 15.3 Å². The number of benzene rings is 1. The maximum Gasteiger partial charge on any atom is 0.328 e. The monoisotopic (exact) mass is 294 g/mol. The Morgan fingerprint density at radius 3 is 2.65 bits per heavy atom. The first-order chi connectivity index (χ1) is 9.61. The lowest BCUT2D eigenvalue weighted by Gasteiger charge is -2.31. The molecule has 7 heteroatoms. The molecule has 6 nitrogen and oxygen atoms in total. The molecule has 0 spiro atoms. The van der Waals surface area contributed by atoms with Gasteiger partial charge in [0.25, 0.3) is 0 Å². The van der Waals surface area contributed by atoms with Crippen LogP contribution in [0.5, 0.6) is 0 Å². The van der Waals surface area contributed by atoms with Crippen molar-refractivity contribution in [2.75, 3.05) is 13.1 Å². The van der Waals surface area contributed by atoms with Gasteiger partial charge >= 0.3 is 5.97 Å². The molecule has 0 amide bonds. The molecule has 1 fully saturated rings. The Labute approximate surface area is 121 Å². The fourth-order valence-corrected chi connectivity index (χ4v) is 2.56. The van der Waals surface area contributed by atoms with Crippen LogP contribution in [-0.4, -0.2) is 24.2 Å². The number of hydrogen-bond acceptors (Lipinski definition) is 3. The van der Waals surface area contributed by atoms with Crippen molar-refractivity contribution >= 4 is 17.6 Å². The lowest BCUT2D eigenvalue weighted by molar-refractivity contribution is -0.146. The summed E-state index contributed by atoms with van der Waals surface area (Å²) < 4.78 is 0. The van der Waals surface area contributed by atoms with Gasteiger partial charge in [-0.1, -0.05) is 28.8 Å². The number of halogens is 1. The zero-order chi connectivity index (χ0) is 14.6. The zero-order valence-corrected chi connectivity index (χ0v) is 11.5. The van der Waals surface area contributed by atoms with Gasteiger partial charge in [-0.25, -0.2) is 4.79 Å². The van der Waals surface area contributed by atoms with Crippen molar-refractivity contribution in [1.82, 2.24) is 5.32 Å². The first kappa shape index (κ1) is 14.7. The maximum atomic E-state index is 11.9. The van der Waals surface area contributed by atoms with Crippen LogP contribution in [0.25, 0.3) is 10.4 Å². The molecule has 0 aliphatic heterocycles. The highest BCUT2D eigenvalue weighted by Gasteiger charge is 2.52. The van der Waals surface area contributed by atoms with Crippen molar-refractivity contribution in [3.63, 3.8) is 0 Å². The molecular formula is C13H15ClN4O2. The van der Waals surface area contributed by atoms with Crippen molar-refractivity contribution < 1.29 is 9.90 Å². The van der Waals surface area contributed by atoms with Crippen molar-refractivity contribution in [2.45, 2.75) is 18.4 Å².